The first-order chi connectivity index (χ1) is 19.2. The number of cyclic esters (lactones) is 1. The summed E-state index contributed by atoms with van der Waals surface area (Å²) < 4.78 is 13.2. The van der Waals surface area contributed by atoms with Gasteiger partial charge in [-0.15, -0.1) is 5.10 Å². The lowest BCUT2D eigenvalue weighted by Crippen LogP contribution is -2.53. The minimum Gasteiger partial charge on any atom is -0.457 e. The minimum absolute atomic E-state index is 0.110. The van der Waals surface area contributed by atoms with Crippen molar-refractivity contribution in [3.05, 3.63) is 58.7 Å². The zero-order valence-electron chi connectivity index (χ0n) is 23.3. The summed E-state index contributed by atoms with van der Waals surface area (Å²) in [5.41, 5.74) is 5.03. The van der Waals surface area contributed by atoms with Crippen LogP contribution in [-0.2, 0) is 20.7 Å². The van der Waals surface area contributed by atoms with Crippen LogP contribution in [0.5, 0.6) is 0 Å². The van der Waals surface area contributed by atoms with Crippen molar-refractivity contribution in [3.8, 4) is 11.1 Å². The van der Waals surface area contributed by atoms with E-state index in [9.17, 15) is 9.59 Å². The first kappa shape index (κ1) is 26.7. The van der Waals surface area contributed by atoms with Crippen molar-refractivity contribution in [2.45, 2.75) is 88.6 Å². The van der Waals surface area contributed by atoms with E-state index in [1.165, 1.54) is 0 Å². The van der Waals surface area contributed by atoms with Crippen molar-refractivity contribution in [2.24, 2.45) is 5.92 Å². The van der Waals surface area contributed by atoms with Crippen molar-refractivity contribution in [3.63, 3.8) is 0 Å². The number of ketones is 1. The van der Waals surface area contributed by atoms with E-state index in [1.807, 2.05) is 33.8 Å². The molecule has 0 amide bonds. The van der Waals surface area contributed by atoms with E-state index in [2.05, 4.69) is 44.5 Å². The van der Waals surface area contributed by atoms with E-state index in [4.69, 9.17) is 9.26 Å². The lowest BCUT2D eigenvalue weighted by atomic mass is 9.76. The third kappa shape index (κ3) is 4.93. The summed E-state index contributed by atoms with van der Waals surface area (Å²) in [5, 5.41) is 7.92. The van der Waals surface area contributed by atoms with Crippen molar-refractivity contribution < 1.29 is 18.8 Å². The van der Waals surface area contributed by atoms with E-state index in [0.29, 0.717) is 17.4 Å². The second-order valence-electron chi connectivity index (χ2n) is 11.1. The highest BCUT2D eigenvalue weighted by molar-refractivity contribution is 8.01. The molecule has 0 bridgehead atoms. The second-order valence-corrected chi connectivity index (χ2v) is 12.2. The standard InChI is InChI=1S/C30H33N5O4S/c1-17-15-18(2)35-28(31-17)32-29(33-35)40-26-24(36)16-30(38-27(26)37,23-7-5-6-8-23)14-13-21-9-11-22(12-10-21)25-19(3)34-39-20(25)4/h9-12,15,23,26H,5-8,13-14,16H2,1-4H3. The summed E-state index contributed by atoms with van der Waals surface area (Å²) in [4.78, 5) is 35.8. The molecular formula is C30H33N5O4S. The van der Waals surface area contributed by atoms with E-state index in [0.717, 1.165) is 83.4 Å². The number of carbonyl (C=O) groups excluding carboxylic acids is 2. The summed E-state index contributed by atoms with van der Waals surface area (Å²) in [6, 6.07) is 10.3. The van der Waals surface area contributed by atoms with Gasteiger partial charge in [0, 0.05) is 23.4 Å². The average Bonchev–Trinajstić information content (AvgIpc) is 3.66. The number of aryl methyl sites for hydroxylation is 5. The van der Waals surface area contributed by atoms with Gasteiger partial charge in [0.15, 0.2) is 11.0 Å². The summed E-state index contributed by atoms with van der Waals surface area (Å²) in [7, 11) is 0. The molecule has 10 heteroatoms. The predicted octanol–water partition coefficient (Wildman–Crippen LogP) is 5.55. The van der Waals surface area contributed by atoms with Crippen LogP contribution in [0.4, 0.5) is 0 Å². The highest BCUT2D eigenvalue weighted by atomic mass is 32.2. The van der Waals surface area contributed by atoms with E-state index >= 15 is 0 Å². The number of benzene rings is 1. The van der Waals surface area contributed by atoms with Gasteiger partial charge in [-0.1, -0.05) is 54.0 Å². The molecule has 1 aliphatic heterocycles. The quantitative estimate of drug-likeness (QED) is 0.212. The number of Topliss-reactive ketones (excluding diaryl/α,β-unsaturated/α-hetero) is 1. The zero-order chi connectivity index (χ0) is 28.0. The number of hydrogen-bond donors (Lipinski definition) is 0. The average molecular weight is 560 g/mol. The first-order valence-electron chi connectivity index (χ1n) is 13.9. The Labute approximate surface area is 237 Å². The molecule has 9 nitrogen and oxygen atoms in total. The van der Waals surface area contributed by atoms with Gasteiger partial charge in [0.1, 0.15) is 11.4 Å². The maximum absolute atomic E-state index is 13.6. The fourth-order valence-corrected chi connectivity index (χ4v) is 7.17. The number of esters is 1. The SMILES string of the molecule is Cc1cc(C)n2nc(SC3C(=O)CC(CCc4ccc(-c5c(C)noc5C)cc4)(C4CCCC4)OC3=O)nc2n1. The highest BCUT2D eigenvalue weighted by Crippen LogP contribution is 2.45. The Bertz CT molecular complexity index is 1550. The molecule has 1 aliphatic carbocycles. The van der Waals surface area contributed by atoms with Crippen molar-refractivity contribution in [2.75, 3.05) is 0 Å². The van der Waals surface area contributed by atoms with Crippen molar-refractivity contribution >= 4 is 29.3 Å². The molecule has 2 atom stereocenters. The van der Waals surface area contributed by atoms with Crippen molar-refractivity contribution in [1.82, 2.24) is 24.7 Å². The number of aromatic nitrogens is 5. The van der Waals surface area contributed by atoms with Crippen LogP contribution >= 0.6 is 11.8 Å². The molecule has 3 aromatic heterocycles. The van der Waals surface area contributed by atoms with Crippen LogP contribution in [-0.4, -0.2) is 47.3 Å². The van der Waals surface area contributed by atoms with Gasteiger partial charge >= 0.3 is 5.97 Å². The predicted molar refractivity (Wildman–Crippen MR) is 150 cm³/mol. The summed E-state index contributed by atoms with van der Waals surface area (Å²) in [6.45, 7) is 7.67. The maximum atomic E-state index is 13.6. The van der Waals surface area contributed by atoms with Crippen LogP contribution in [0, 0.1) is 33.6 Å². The second kappa shape index (κ2) is 10.5. The van der Waals surface area contributed by atoms with Gasteiger partial charge in [0.05, 0.1) is 5.69 Å². The number of thioether (sulfide) groups is 1. The Morgan fingerprint density at radius 2 is 1.80 bits per heavy atom. The molecule has 6 rings (SSSR count). The Kier molecular flexibility index (Phi) is 6.98. The lowest BCUT2D eigenvalue weighted by molar-refractivity contribution is -0.177. The van der Waals surface area contributed by atoms with Gasteiger partial charge in [-0.3, -0.25) is 9.59 Å². The summed E-state index contributed by atoms with van der Waals surface area (Å²) in [6.07, 6.45) is 5.70. The van der Waals surface area contributed by atoms with Crippen LogP contribution in [0.1, 0.15) is 66.9 Å². The molecule has 0 N–H and O–H groups in total. The van der Waals surface area contributed by atoms with Gasteiger partial charge in [-0.25, -0.2) is 9.50 Å². The summed E-state index contributed by atoms with van der Waals surface area (Å²) in [5.74, 6) is 0.850. The number of ether oxygens (including phenoxy) is 1. The van der Waals surface area contributed by atoms with E-state index in [1.54, 1.807) is 4.52 Å². The molecule has 0 spiro atoms. The fraction of sp³-hybridized carbons (Fsp3) is 0.467. The first-order valence-corrected chi connectivity index (χ1v) is 14.8. The van der Waals surface area contributed by atoms with Gasteiger partial charge in [0.25, 0.3) is 5.78 Å². The number of nitrogens with zero attached hydrogens (tertiary/aromatic N) is 5. The maximum Gasteiger partial charge on any atom is 0.327 e. The number of fused-ring (bicyclic) bond motifs is 1. The molecule has 1 saturated carbocycles. The van der Waals surface area contributed by atoms with Crippen LogP contribution in [0.3, 0.4) is 0 Å². The Hall–Kier alpha value is -3.53. The smallest absolute Gasteiger partial charge is 0.327 e. The van der Waals surface area contributed by atoms with Gasteiger partial charge in [-0.05, 0) is 76.5 Å². The number of hydrogen-bond acceptors (Lipinski definition) is 9. The van der Waals surface area contributed by atoms with Crippen LogP contribution in [0.15, 0.2) is 40.0 Å². The molecule has 208 valence electrons. The number of rotatable bonds is 7. The van der Waals surface area contributed by atoms with Crippen molar-refractivity contribution in [1.29, 1.82) is 0 Å². The zero-order valence-corrected chi connectivity index (χ0v) is 24.1. The third-order valence-electron chi connectivity index (χ3n) is 8.32. The normalized spacial score (nSPS) is 21.9. The topological polar surface area (TPSA) is 112 Å². The largest absolute Gasteiger partial charge is 0.457 e. The molecule has 1 aromatic carbocycles. The van der Waals surface area contributed by atoms with E-state index < -0.39 is 16.8 Å². The molecule has 2 aliphatic rings. The van der Waals surface area contributed by atoms with Gasteiger partial charge in [-0.2, -0.15) is 4.98 Å². The van der Waals surface area contributed by atoms with Gasteiger partial charge in [0.2, 0.25) is 5.16 Å². The third-order valence-corrected chi connectivity index (χ3v) is 9.39. The van der Waals surface area contributed by atoms with Crippen LogP contribution < -0.4 is 0 Å². The Morgan fingerprint density at radius 1 is 1.05 bits per heavy atom. The molecule has 2 fully saturated rings. The molecule has 4 aromatic rings. The molecular weight excluding hydrogens is 526 g/mol. The molecule has 1 saturated heterocycles. The minimum atomic E-state index is -0.970. The monoisotopic (exact) mass is 559 g/mol. The van der Waals surface area contributed by atoms with Crippen LogP contribution in [0.2, 0.25) is 0 Å². The molecule has 2 unspecified atom stereocenters. The fourth-order valence-electron chi connectivity index (χ4n) is 6.34. The molecule has 4 heterocycles. The molecule has 40 heavy (non-hydrogen) atoms. The highest BCUT2D eigenvalue weighted by Gasteiger charge is 2.52. The molecule has 0 radical (unpaired) electrons. The summed E-state index contributed by atoms with van der Waals surface area (Å²) >= 11 is 1.06. The lowest BCUT2D eigenvalue weighted by Gasteiger charge is -2.42. The number of carbonyl (C=O) groups is 2. The Morgan fingerprint density at radius 3 is 2.48 bits per heavy atom. The Balaban J connectivity index is 1.19. The van der Waals surface area contributed by atoms with Gasteiger partial charge < -0.3 is 9.26 Å². The van der Waals surface area contributed by atoms with Crippen LogP contribution in [0.25, 0.3) is 16.9 Å². The van der Waals surface area contributed by atoms with E-state index in [-0.39, 0.29) is 18.1 Å².